The van der Waals surface area contributed by atoms with Gasteiger partial charge in [0.15, 0.2) is 0 Å². The van der Waals surface area contributed by atoms with Gasteiger partial charge < -0.3 is 11.1 Å². The lowest BCUT2D eigenvalue weighted by Crippen LogP contribution is -1.96. The molecule has 1 heterocycles. The van der Waals surface area contributed by atoms with E-state index in [0.29, 0.717) is 15.8 Å². The SMILES string of the molecule is Nc1ccc(Nc2ccc(Br)c(F)c2)c2ncccc12. The van der Waals surface area contributed by atoms with Crippen LogP contribution in [0.25, 0.3) is 10.9 Å². The third-order valence-corrected chi connectivity index (χ3v) is 3.65. The number of halogens is 2. The fourth-order valence-corrected chi connectivity index (χ4v) is 2.27. The molecule has 0 aliphatic carbocycles. The lowest BCUT2D eigenvalue weighted by atomic mass is 10.1. The maximum atomic E-state index is 13.5. The van der Waals surface area contributed by atoms with Crippen molar-refractivity contribution in [2.75, 3.05) is 11.1 Å². The van der Waals surface area contributed by atoms with Crippen LogP contribution in [0, 0.1) is 5.82 Å². The number of rotatable bonds is 2. The Bertz CT molecular complexity index is 789. The number of fused-ring (bicyclic) bond motifs is 1. The van der Waals surface area contributed by atoms with E-state index < -0.39 is 0 Å². The molecular formula is C15H11BrFN3. The van der Waals surface area contributed by atoms with Gasteiger partial charge in [-0.3, -0.25) is 4.98 Å². The molecular weight excluding hydrogens is 321 g/mol. The molecule has 0 spiro atoms. The first-order valence-corrected chi connectivity index (χ1v) is 6.80. The van der Waals surface area contributed by atoms with E-state index in [2.05, 4.69) is 26.2 Å². The summed E-state index contributed by atoms with van der Waals surface area (Å²) in [5.74, 6) is -0.317. The molecule has 0 saturated carbocycles. The van der Waals surface area contributed by atoms with E-state index in [1.165, 1.54) is 6.07 Å². The van der Waals surface area contributed by atoms with Crippen molar-refractivity contribution in [1.82, 2.24) is 4.98 Å². The number of nitrogens with one attached hydrogen (secondary N) is 1. The lowest BCUT2D eigenvalue weighted by Gasteiger charge is -2.11. The van der Waals surface area contributed by atoms with Crippen LogP contribution in [-0.4, -0.2) is 4.98 Å². The Labute approximate surface area is 123 Å². The molecule has 0 bridgehead atoms. The zero-order valence-corrected chi connectivity index (χ0v) is 12.0. The molecule has 0 fully saturated rings. The summed E-state index contributed by atoms with van der Waals surface area (Å²) in [6.45, 7) is 0. The molecule has 0 aliphatic heterocycles. The summed E-state index contributed by atoms with van der Waals surface area (Å²) in [4.78, 5) is 4.33. The highest BCUT2D eigenvalue weighted by Gasteiger charge is 2.06. The highest BCUT2D eigenvalue weighted by Crippen LogP contribution is 2.29. The van der Waals surface area contributed by atoms with Gasteiger partial charge in [0.25, 0.3) is 0 Å². The van der Waals surface area contributed by atoms with E-state index >= 15 is 0 Å². The van der Waals surface area contributed by atoms with Gasteiger partial charge in [-0.1, -0.05) is 0 Å². The van der Waals surface area contributed by atoms with Crippen molar-refractivity contribution in [1.29, 1.82) is 0 Å². The van der Waals surface area contributed by atoms with Crippen molar-refractivity contribution in [3.05, 3.63) is 59.0 Å². The molecule has 3 aromatic rings. The molecule has 0 amide bonds. The minimum Gasteiger partial charge on any atom is -0.398 e. The topological polar surface area (TPSA) is 50.9 Å². The molecule has 0 atom stereocenters. The number of nitrogens with two attached hydrogens (primary N) is 1. The minimum atomic E-state index is -0.317. The van der Waals surface area contributed by atoms with Gasteiger partial charge in [-0.25, -0.2) is 4.39 Å². The minimum absolute atomic E-state index is 0.317. The first-order chi connectivity index (χ1) is 9.65. The number of pyridine rings is 1. The predicted octanol–water partition coefficient (Wildman–Crippen LogP) is 4.46. The summed E-state index contributed by atoms with van der Waals surface area (Å²) in [7, 11) is 0. The highest BCUT2D eigenvalue weighted by atomic mass is 79.9. The fourth-order valence-electron chi connectivity index (χ4n) is 2.02. The first kappa shape index (κ1) is 12.9. The second-order valence-corrected chi connectivity index (χ2v) is 5.21. The van der Waals surface area contributed by atoms with E-state index in [0.717, 1.165) is 16.6 Å². The van der Waals surface area contributed by atoms with Gasteiger partial charge in [0.1, 0.15) is 5.82 Å². The summed E-state index contributed by atoms with van der Waals surface area (Å²) in [5.41, 5.74) is 8.80. The lowest BCUT2D eigenvalue weighted by molar-refractivity contribution is 0.622. The van der Waals surface area contributed by atoms with E-state index in [9.17, 15) is 4.39 Å². The number of anilines is 3. The van der Waals surface area contributed by atoms with Crippen molar-refractivity contribution >= 4 is 43.9 Å². The Morgan fingerprint density at radius 2 is 2.00 bits per heavy atom. The maximum absolute atomic E-state index is 13.5. The summed E-state index contributed by atoms with van der Waals surface area (Å²) in [6.07, 6.45) is 1.70. The molecule has 20 heavy (non-hydrogen) atoms. The van der Waals surface area contributed by atoms with Gasteiger partial charge in [-0.05, 0) is 58.4 Å². The monoisotopic (exact) mass is 331 g/mol. The van der Waals surface area contributed by atoms with Crippen molar-refractivity contribution in [3.8, 4) is 0 Å². The first-order valence-electron chi connectivity index (χ1n) is 6.00. The van der Waals surface area contributed by atoms with Gasteiger partial charge in [0, 0.05) is 23.0 Å². The molecule has 0 saturated heterocycles. The largest absolute Gasteiger partial charge is 0.398 e. The number of nitrogens with zero attached hydrogens (tertiary/aromatic N) is 1. The smallest absolute Gasteiger partial charge is 0.139 e. The van der Waals surface area contributed by atoms with Gasteiger partial charge in [-0.2, -0.15) is 0 Å². The molecule has 2 aromatic carbocycles. The van der Waals surface area contributed by atoms with Crippen LogP contribution in [-0.2, 0) is 0 Å². The summed E-state index contributed by atoms with van der Waals surface area (Å²) < 4.78 is 14.0. The van der Waals surface area contributed by atoms with Crippen molar-refractivity contribution in [2.24, 2.45) is 0 Å². The number of nitrogen functional groups attached to an aromatic ring is 1. The molecule has 3 nitrogen and oxygen atoms in total. The standard InChI is InChI=1S/C15H11BrFN3/c16-11-4-3-9(8-12(11)17)20-14-6-5-13(18)10-2-1-7-19-15(10)14/h1-8,20H,18H2. The number of aromatic nitrogens is 1. The van der Waals surface area contributed by atoms with Crippen LogP contribution in [0.1, 0.15) is 0 Å². The zero-order chi connectivity index (χ0) is 14.1. The average Bonchev–Trinajstić information content (AvgIpc) is 2.46. The quantitative estimate of drug-likeness (QED) is 0.681. The molecule has 5 heteroatoms. The molecule has 3 N–H and O–H groups in total. The third-order valence-electron chi connectivity index (χ3n) is 3.00. The molecule has 1 aromatic heterocycles. The molecule has 3 rings (SSSR count). The number of benzene rings is 2. The van der Waals surface area contributed by atoms with Gasteiger partial charge in [-0.15, -0.1) is 0 Å². The van der Waals surface area contributed by atoms with Crippen LogP contribution in [0.5, 0.6) is 0 Å². The van der Waals surface area contributed by atoms with E-state index in [4.69, 9.17) is 5.73 Å². The summed E-state index contributed by atoms with van der Waals surface area (Å²) >= 11 is 3.13. The van der Waals surface area contributed by atoms with Crippen molar-refractivity contribution in [3.63, 3.8) is 0 Å². The van der Waals surface area contributed by atoms with Crippen LogP contribution >= 0.6 is 15.9 Å². The third kappa shape index (κ3) is 2.32. The average molecular weight is 332 g/mol. The Morgan fingerprint density at radius 1 is 1.15 bits per heavy atom. The summed E-state index contributed by atoms with van der Waals surface area (Å²) in [5, 5.41) is 4.03. The second-order valence-electron chi connectivity index (χ2n) is 4.36. The Hall–Kier alpha value is -2.14. The maximum Gasteiger partial charge on any atom is 0.139 e. The van der Waals surface area contributed by atoms with Crippen molar-refractivity contribution in [2.45, 2.75) is 0 Å². The number of hydrogen-bond donors (Lipinski definition) is 2. The predicted molar refractivity (Wildman–Crippen MR) is 83.5 cm³/mol. The number of hydrogen-bond acceptors (Lipinski definition) is 3. The van der Waals surface area contributed by atoms with Crippen molar-refractivity contribution < 1.29 is 4.39 Å². The molecule has 0 unspecified atom stereocenters. The Balaban J connectivity index is 2.06. The molecule has 100 valence electrons. The van der Waals surface area contributed by atoms with Crippen LogP contribution in [0.2, 0.25) is 0 Å². The molecule has 0 aliphatic rings. The van der Waals surface area contributed by atoms with Crippen LogP contribution in [0.15, 0.2) is 53.1 Å². The fraction of sp³-hybridized carbons (Fsp3) is 0. The zero-order valence-electron chi connectivity index (χ0n) is 10.4. The molecule has 0 radical (unpaired) electrons. The highest BCUT2D eigenvalue weighted by molar-refractivity contribution is 9.10. The van der Waals surface area contributed by atoms with E-state index in [1.54, 1.807) is 18.3 Å². The summed E-state index contributed by atoms with van der Waals surface area (Å²) in [6, 6.07) is 12.3. The second kappa shape index (κ2) is 5.09. The van der Waals surface area contributed by atoms with Gasteiger partial charge in [0.05, 0.1) is 15.7 Å². The van der Waals surface area contributed by atoms with Crippen LogP contribution in [0.4, 0.5) is 21.5 Å². The van der Waals surface area contributed by atoms with E-state index in [1.807, 2.05) is 24.3 Å². The van der Waals surface area contributed by atoms with Gasteiger partial charge in [0.2, 0.25) is 0 Å². The van der Waals surface area contributed by atoms with Gasteiger partial charge >= 0.3 is 0 Å². The Morgan fingerprint density at radius 3 is 2.80 bits per heavy atom. The van der Waals surface area contributed by atoms with E-state index in [-0.39, 0.29) is 5.82 Å². The normalized spacial score (nSPS) is 10.7. The van der Waals surface area contributed by atoms with Crippen LogP contribution in [0.3, 0.4) is 0 Å². The van der Waals surface area contributed by atoms with Crippen LogP contribution < -0.4 is 11.1 Å². The Kier molecular flexibility index (Phi) is 3.28.